The number of carboxylic acids is 1. The molecule has 108 valence electrons. The highest BCUT2D eigenvalue weighted by atomic mass is 32.2. The average molecular weight is 302 g/mol. The van der Waals surface area contributed by atoms with Crippen LogP contribution in [0.2, 0.25) is 0 Å². The molecule has 21 heavy (non-hydrogen) atoms. The molecule has 1 amide bonds. The Balaban J connectivity index is 2.05. The molecule has 0 aliphatic heterocycles. The number of carbonyl (C=O) groups excluding carboxylic acids is 1. The molecule has 0 aliphatic rings. The van der Waals surface area contributed by atoms with Gasteiger partial charge in [-0.1, -0.05) is 12.1 Å². The van der Waals surface area contributed by atoms with Crippen LogP contribution < -0.4 is 5.32 Å². The Kier molecular flexibility index (Phi) is 4.94. The first-order chi connectivity index (χ1) is 10.1. The minimum Gasteiger partial charge on any atom is -0.478 e. The minimum atomic E-state index is -1.05. The molecule has 5 nitrogen and oxygen atoms in total. The highest BCUT2D eigenvalue weighted by molar-refractivity contribution is 7.97. The summed E-state index contributed by atoms with van der Waals surface area (Å²) in [7, 11) is 0. The number of anilines is 1. The minimum absolute atomic E-state index is 0.0782. The molecule has 2 aromatic rings. The van der Waals surface area contributed by atoms with Crippen molar-refractivity contribution < 1.29 is 14.7 Å². The fourth-order valence-corrected chi connectivity index (χ4v) is 2.23. The van der Waals surface area contributed by atoms with Crippen molar-refractivity contribution in [2.75, 3.05) is 11.6 Å². The van der Waals surface area contributed by atoms with Crippen LogP contribution in [-0.2, 0) is 5.75 Å². The van der Waals surface area contributed by atoms with Crippen LogP contribution in [0.1, 0.15) is 26.3 Å². The Morgan fingerprint density at radius 3 is 2.33 bits per heavy atom. The van der Waals surface area contributed by atoms with E-state index in [1.165, 1.54) is 18.3 Å². The summed E-state index contributed by atoms with van der Waals surface area (Å²) in [5, 5.41) is 11.4. The summed E-state index contributed by atoms with van der Waals surface area (Å²) in [4.78, 5) is 26.6. The second-order valence-corrected chi connectivity index (χ2v) is 5.19. The zero-order valence-electron chi connectivity index (χ0n) is 11.4. The van der Waals surface area contributed by atoms with E-state index in [1.54, 1.807) is 23.9 Å². The van der Waals surface area contributed by atoms with Crippen molar-refractivity contribution in [1.82, 2.24) is 4.98 Å². The molecule has 2 N–H and O–H groups in total. The number of hydrogen-bond donors (Lipinski definition) is 2. The molecule has 0 bridgehead atoms. The summed E-state index contributed by atoms with van der Waals surface area (Å²) in [5.41, 5.74) is 1.77. The molecule has 0 saturated heterocycles. The van der Waals surface area contributed by atoms with Gasteiger partial charge in [0, 0.05) is 17.5 Å². The van der Waals surface area contributed by atoms with Gasteiger partial charge in [-0.2, -0.15) is 11.8 Å². The number of nitrogens with zero attached hydrogens (tertiary/aromatic N) is 1. The van der Waals surface area contributed by atoms with E-state index in [0.29, 0.717) is 11.4 Å². The molecule has 6 heteroatoms. The van der Waals surface area contributed by atoms with Crippen molar-refractivity contribution in [3.8, 4) is 0 Å². The lowest BCUT2D eigenvalue weighted by atomic mass is 10.1. The maximum Gasteiger partial charge on any atom is 0.337 e. The van der Waals surface area contributed by atoms with Crippen LogP contribution in [0.15, 0.2) is 42.6 Å². The number of aromatic carboxylic acids is 1. The number of benzene rings is 1. The van der Waals surface area contributed by atoms with Gasteiger partial charge in [0.05, 0.1) is 5.56 Å². The number of pyridine rings is 1. The Morgan fingerprint density at radius 1 is 1.14 bits per heavy atom. The summed E-state index contributed by atoms with van der Waals surface area (Å²) >= 11 is 1.72. The van der Waals surface area contributed by atoms with E-state index in [4.69, 9.17) is 5.11 Å². The number of amides is 1. The van der Waals surface area contributed by atoms with Crippen molar-refractivity contribution in [3.63, 3.8) is 0 Å². The summed E-state index contributed by atoms with van der Waals surface area (Å²) in [6.07, 6.45) is 3.23. The van der Waals surface area contributed by atoms with Gasteiger partial charge < -0.3 is 10.4 Å². The van der Waals surface area contributed by atoms with E-state index >= 15 is 0 Å². The van der Waals surface area contributed by atoms with Gasteiger partial charge in [0.1, 0.15) is 5.82 Å². The number of carboxylic acid groups (broad SMARTS) is 1. The van der Waals surface area contributed by atoms with Crippen LogP contribution >= 0.6 is 11.8 Å². The van der Waals surface area contributed by atoms with Gasteiger partial charge in [-0.05, 0) is 36.1 Å². The first-order valence-electron chi connectivity index (χ1n) is 6.18. The van der Waals surface area contributed by atoms with Crippen molar-refractivity contribution in [1.29, 1.82) is 0 Å². The quantitative estimate of drug-likeness (QED) is 0.887. The number of carbonyl (C=O) groups is 2. The van der Waals surface area contributed by atoms with Gasteiger partial charge in [0.2, 0.25) is 0 Å². The van der Waals surface area contributed by atoms with E-state index in [2.05, 4.69) is 10.3 Å². The largest absolute Gasteiger partial charge is 0.478 e. The molecule has 2 rings (SSSR count). The molecule has 0 atom stereocenters. The normalized spacial score (nSPS) is 10.1. The fraction of sp³-hybridized carbons (Fsp3) is 0.133. The SMILES string of the molecule is CSCc1ccc(C(=O)Nc2ccc(C(=O)O)cn2)cc1. The van der Waals surface area contributed by atoms with Crippen molar-refractivity contribution in [3.05, 3.63) is 59.3 Å². The monoisotopic (exact) mass is 302 g/mol. The third-order valence-corrected chi connectivity index (χ3v) is 3.40. The lowest BCUT2D eigenvalue weighted by molar-refractivity contribution is 0.0696. The predicted octanol–water partition coefficient (Wildman–Crippen LogP) is 2.90. The molecular weight excluding hydrogens is 288 g/mol. The number of aromatic nitrogens is 1. The first kappa shape index (κ1) is 15.1. The Bertz CT molecular complexity index is 639. The van der Waals surface area contributed by atoms with Crippen LogP contribution in [-0.4, -0.2) is 28.2 Å². The average Bonchev–Trinajstić information content (AvgIpc) is 2.49. The molecule has 0 aliphatic carbocycles. The van der Waals surface area contributed by atoms with Gasteiger partial charge in [0.15, 0.2) is 0 Å². The summed E-state index contributed by atoms with van der Waals surface area (Å²) < 4.78 is 0. The Hall–Kier alpha value is -2.34. The van der Waals surface area contributed by atoms with Crippen molar-refractivity contribution in [2.45, 2.75) is 5.75 Å². The Morgan fingerprint density at radius 2 is 1.81 bits per heavy atom. The van der Waals surface area contributed by atoms with E-state index in [1.807, 2.05) is 18.4 Å². The van der Waals surface area contributed by atoms with E-state index < -0.39 is 5.97 Å². The van der Waals surface area contributed by atoms with Crippen LogP contribution in [0.5, 0.6) is 0 Å². The smallest absolute Gasteiger partial charge is 0.337 e. The number of nitrogens with one attached hydrogen (secondary N) is 1. The van der Waals surface area contributed by atoms with Gasteiger partial charge in [-0.3, -0.25) is 4.79 Å². The lowest BCUT2D eigenvalue weighted by Crippen LogP contribution is -2.13. The zero-order chi connectivity index (χ0) is 15.2. The molecule has 0 unspecified atom stereocenters. The second-order valence-electron chi connectivity index (χ2n) is 4.32. The summed E-state index contributed by atoms with van der Waals surface area (Å²) in [5.74, 6) is -0.107. The number of thioether (sulfide) groups is 1. The molecule has 0 saturated carbocycles. The van der Waals surface area contributed by atoms with E-state index in [-0.39, 0.29) is 11.5 Å². The summed E-state index contributed by atoms with van der Waals surface area (Å²) in [6.45, 7) is 0. The Labute approximate surface area is 126 Å². The van der Waals surface area contributed by atoms with Gasteiger partial charge in [0.25, 0.3) is 5.91 Å². The highest BCUT2D eigenvalue weighted by Gasteiger charge is 2.08. The molecule has 0 radical (unpaired) electrons. The maximum absolute atomic E-state index is 12.0. The van der Waals surface area contributed by atoms with Gasteiger partial charge in [-0.15, -0.1) is 0 Å². The third kappa shape index (κ3) is 4.06. The van der Waals surface area contributed by atoms with Gasteiger partial charge >= 0.3 is 5.97 Å². The first-order valence-corrected chi connectivity index (χ1v) is 7.58. The third-order valence-electron chi connectivity index (χ3n) is 2.78. The summed E-state index contributed by atoms with van der Waals surface area (Å²) in [6, 6.07) is 10.2. The molecule has 0 spiro atoms. The van der Waals surface area contributed by atoms with E-state index in [9.17, 15) is 9.59 Å². The molecular formula is C15H14N2O3S. The van der Waals surface area contributed by atoms with Crippen molar-refractivity contribution in [2.24, 2.45) is 0 Å². The van der Waals surface area contributed by atoms with Crippen LogP contribution in [0, 0.1) is 0 Å². The van der Waals surface area contributed by atoms with E-state index in [0.717, 1.165) is 11.3 Å². The lowest BCUT2D eigenvalue weighted by Gasteiger charge is -2.05. The molecule has 1 aromatic heterocycles. The fourth-order valence-electron chi connectivity index (χ4n) is 1.70. The molecule has 1 heterocycles. The van der Waals surface area contributed by atoms with Crippen molar-refractivity contribution >= 4 is 29.5 Å². The molecule has 1 aromatic carbocycles. The standard InChI is InChI=1S/C15H14N2O3S/c1-21-9-10-2-4-11(5-3-10)14(18)17-13-7-6-12(8-16-13)15(19)20/h2-8H,9H2,1H3,(H,19,20)(H,16,17,18). The zero-order valence-corrected chi connectivity index (χ0v) is 12.2. The number of rotatable bonds is 5. The number of hydrogen-bond acceptors (Lipinski definition) is 4. The van der Waals surface area contributed by atoms with Crippen LogP contribution in [0.3, 0.4) is 0 Å². The van der Waals surface area contributed by atoms with Gasteiger partial charge in [-0.25, -0.2) is 9.78 Å². The predicted molar refractivity (Wildman–Crippen MR) is 82.8 cm³/mol. The van der Waals surface area contributed by atoms with Crippen LogP contribution in [0.25, 0.3) is 0 Å². The maximum atomic E-state index is 12.0. The highest BCUT2D eigenvalue weighted by Crippen LogP contribution is 2.12. The van der Waals surface area contributed by atoms with Crippen LogP contribution in [0.4, 0.5) is 5.82 Å². The topological polar surface area (TPSA) is 79.3 Å². The molecule has 0 fully saturated rings. The second kappa shape index (κ2) is 6.90.